The van der Waals surface area contributed by atoms with Crippen LogP contribution in [0.15, 0.2) is 0 Å². The van der Waals surface area contributed by atoms with Crippen molar-refractivity contribution in [2.24, 2.45) is 5.73 Å². The number of nitrogens with zero attached hydrogens (tertiary/aromatic N) is 2. The second-order valence-electron chi connectivity index (χ2n) is 4.15. The first kappa shape index (κ1) is 12.0. The minimum Gasteiger partial charge on any atom is -0.341 e. The van der Waals surface area contributed by atoms with Crippen LogP contribution in [-0.2, 0) is 9.59 Å². The number of carbonyl (C=O) groups excluding carboxylic acids is 2. The van der Waals surface area contributed by atoms with Gasteiger partial charge in [-0.1, -0.05) is 0 Å². The summed E-state index contributed by atoms with van der Waals surface area (Å²) in [6, 6.07) is -0.309. The van der Waals surface area contributed by atoms with Gasteiger partial charge in [0.25, 0.3) is 0 Å². The molecule has 1 aliphatic rings. The lowest BCUT2D eigenvalue weighted by molar-refractivity contribution is -0.133. The van der Waals surface area contributed by atoms with Gasteiger partial charge in [-0.3, -0.25) is 9.59 Å². The van der Waals surface area contributed by atoms with E-state index in [2.05, 4.69) is 0 Å². The van der Waals surface area contributed by atoms with Crippen molar-refractivity contribution in [1.82, 2.24) is 9.80 Å². The first-order valence-corrected chi connectivity index (χ1v) is 5.21. The van der Waals surface area contributed by atoms with Crippen molar-refractivity contribution >= 4 is 11.8 Å². The molecule has 0 aromatic rings. The van der Waals surface area contributed by atoms with E-state index >= 15 is 0 Å². The minimum atomic E-state index is -0.452. The highest BCUT2D eigenvalue weighted by atomic mass is 16.2. The molecule has 1 fully saturated rings. The molecule has 1 aliphatic heterocycles. The molecule has 1 rings (SSSR count). The summed E-state index contributed by atoms with van der Waals surface area (Å²) in [7, 11) is 1.77. The maximum Gasteiger partial charge on any atom is 0.239 e. The number of rotatable bonds is 2. The average Bonchev–Trinajstić information content (AvgIpc) is 2.63. The maximum atomic E-state index is 11.6. The first-order chi connectivity index (χ1) is 6.93. The van der Waals surface area contributed by atoms with Crippen LogP contribution in [0.4, 0.5) is 0 Å². The van der Waals surface area contributed by atoms with Crippen LogP contribution in [0.5, 0.6) is 0 Å². The van der Waals surface area contributed by atoms with E-state index in [1.54, 1.807) is 23.8 Å². The van der Waals surface area contributed by atoms with Gasteiger partial charge in [0, 0.05) is 27.1 Å². The van der Waals surface area contributed by atoms with E-state index in [1.807, 2.05) is 0 Å². The Bertz CT molecular complexity index is 265. The number of amides is 2. The first-order valence-electron chi connectivity index (χ1n) is 5.21. The zero-order chi connectivity index (χ0) is 11.6. The van der Waals surface area contributed by atoms with Gasteiger partial charge in [-0.05, 0) is 13.3 Å². The van der Waals surface area contributed by atoms with Gasteiger partial charge in [-0.15, -0.1) is 0 Å². The quantitative estimate of drug-likeness (QED) is 0.667. The number of likely N-dealkylation sites (N-methyl/N-ethyl adjacent to an activating group) is 1. The Labute approximate surface area is 90.2 Å². The number of nitrogens with two attached hydrogens (primary N) is 1. The predicted octanol–water partition coefficient (Wildman–Crippen LogP) is -0.587. The van der Waals surface area contributed by atoms with Gasteiger partial charge in [0.05, 0.1) is 12.1 Å². The Balaban J connectivity index is 2.52. The highest BCUT2D eigenvalue weighted by Crippen LogP contribution is 2.15. The molecule has 0 saturated carbocycles. The largest absolute Gasteiger partial charge is 0.341 e. The highest BCUT2D eigenvalue weighted by Gasteiger charge is 2.30. The summed E-state index contributed by atoms with van der Waals surface area (Å²) in [4.78, 5) is 26.1. The zero-order valence-corrected chi connectivity index (χ0v) is 9.56. The number of carbonyl (C=O) groups is 2. The number of hydrogen-bond donors (Lipinski definition) is 1. The minimum absolute atomic E-state index is 0.0329. The Morgan fingerprint density at radius 3 is 2.60 bits per heavy atom. The lowest BCUT2D eigenvalue weighted by Crippen LogP contribution is -2.43. The molecule has 1 heterocycles. The van der Waals surface area contributed by atoms with Crippen LogP contribution in [0, 0.1) is 0 Å². The molecule has 0 spiro atoms. The van der Waals surface area contributed by atoms with E-state index in [1.165, 1.54) is 6.92 Å². The highest BCUT2D eigenvalue weighted by molar-refractivity contribution is 5.81. The Morgan fingerprint density at radius 2 is 2.13 bits per heavy atom. The summed E-state index contributed by atoms with van der Waals surface area (Å²) >= 11 is 0. The summed E-state index contributed by atoms with van der Waals surface area (Å²) in [5.41, 5.74) is 5.53. The molecule has 0 bridgehead atoms. The SMILES string of the molecule is CC(=O)N(C)[C@H]1CCN(C(=O)[C@H](C)N)C1. The van der Waals surface area contributed by atoms with Crippen LogP contribution in [0.1, 0.15) is 20.3 Å². The van der Waals surface area contributed by atoms with E-state index in [-0.39, 0.29) is 17.9 Å². The summed E-state index contributed by atoms with van der Waals surface area (Å²) in [6.07, 6.45) is 0.842. The van der Waals surface area contributed by atoms with Gasteiger partial charge < -0.3 is 15.5 Å². The molecule has 0 aromatic carbocycles. The molecule has 86 valence electrons. The molecule has 2 amide bonds. The van der Waals surface area contributed by atoms with Gasteiger partial charge in [0.1, 0.15) is 0 Å². The van der Waals surface area contributed by atoms with E-state index < -0.39 is 6.04 Å². The van der Waals surface area contributed by atoms with Crippen molar-refractivity contribution in [3.8, 4) is 0 Å². The normalized spacial score (nSPS) is 22.7. The van der Waals surface area contributed by atoms with E-state index in [0.29, 0.717) is 13.1 Å². The van der Waals surface area contributed by atoms with Crippen molar-refractivity contribution in [3.63, 3.8) is 0 Å². The van der Waals surface area contributed by atoms with Crippen LogP contribution in [0.2, 0.25) is 0 Å². The summed E-state index contributed by atoms with van der Waals surface area (Å²) in [5, 5.41) is 0. The fourth-order valence-corrected chi connectivity index (χ4v) is 1.80. The lowest BCUT2D eigenvalue weighted by Gasteiger charge is -2.24. The molecule has 2 N–H and O–H groups in total. The van der Waals surface area contributed by atoms with Crippen molar-refractivity contribution in [3.05, 3.63) is 0 Å². The summed E-state index contributed by atoms with van der Waals surface area (Å²) in [6.45, 7) is 4.53. The van der Waals surface area contributed by atoms with E-state index in [0.717, 1.165) is 6.42 Å². The van der Waals surface area contributed by atoms with Crippen LogP contribution in [0.25, 0.3) is 0 Å². The molecule has 5 nitrogen and oxygen atoms in total. The standard InChI is InChI=1S/C10H19N3O2/c1-7(11)10(15)13-5-4-9(6-13)12(3)8(2)14/h7,9H,4-6,11H2,1-3H3/t7-,9-/m0/s1. The van der Waals surface area contributed by atoms with Gasteiger partial charge >= 0.3 is 0 Å². The van der Waals surface area contributed by atoms with Gasteiger partial charge in [-0.25, -0.2) is 0 Å². The fourth-order valence-electron chi connectivity index (χ4n) is 1.80. The molecule has 5 heteroatoms. The zero-order valence-electron chi connectivity index (χ0n) is 9.56. The van der Waals surface area contributed by atoms with Gasteiger partial charge in [0.15, 0.2) is 0 Å². The van der Waals surface area contributed by atoms with Crippen molar-refractivity contribution in [2.75, 3.05) is 20.1 Å². The monoisotopic (exact) mass is 213 g/mol. The van der Waals surface area contributed by atoms with Gasteiger partial charge in [0.2, 0.25) is 11.8 Å². The summed E-state index contributed by atoms with van der Waals surface area (Å²) < 4.78 is 0. The molecule has 0 aromatic heterocycles. The molecular weight excluding hydrogens is 194 g/mol. The van der Waals surface area contributed by atoms with Crippen LogP contribution in [-0.4, -0.2) is 53.8 Å². The third kappa shape index (κ3) is 2.68. The molecule has 1 saturated heterocycles. The Kier molecular flexibility index (Phi) is 3.68. The van der Waals surface area contributed by atoms with Crippen molar-refractivity contribution in [2.45, 2.75) is 32.4 Å². The smallest absolute Gasteiger partial charge is 0.239 e. The van der Waals surface area contributed by atoms with Crippen LogP contribution in [0.3, 0.4) is 0 Å². The van der Waals surface area contributed by atoms with Crippen LogP contribution >= 0.6 is 0 Å². The van der Waals surface area contributed by atoms with Crippen molar-refractivity contribution in [1.29, 1.82) is 0 Å². The molecule has 2 atom stereocenters. The topological polar surface area (TPSA) is 66.6 Å². The van der Waals surface area contributed by atoms with Crippen molar-refractivity contribution < 1.29 is 9.59 Å². The second-order valence-corrected chi connectivity index (χ2v) is 4.15. The van der Waals surface area contributed by atoms with E-state index in [4.69, 9.17) is 5.73 Å². The molecule has 15 heavy (non-hydrogen) atoms. The predicted molar refractivity (Wildman–Crippen MR) is 57.1 cm³/mol. The maximum absolute atomic E-state index is 11.6. The molecule has 0 radical (unpaired) electrons. The summed E-state index contributed by atoms with van der Waals surface area (Å²) in [5.74, 6) is 0.00421. The van der Waals surface area contributed by atoms with Crippen LogP contribution < -0.4 is 5.73 Å². The average molecular weight is 213 g/mol. The number of hydrogen-bond acceptors (Lipinski definition) is 3. The fraction of sp³-hybridized carbons (Fsp3) is 0.800. The molecule has 0 unspecified atom stereocenters. The second kappa shape index (κ2) is 4.61. The Hall–Kier alpha value is -1.10. The lowest BCUT2D eigenvalue weighted by atomic mass is 10.2. The molecule has 0 aliphatic carbocycles. The number of likely N-dealkylation sites (tertiary alicyclic amines) is 1. The van der Waals surface area contributed by atoms with Gasteiger partial charge in [-0.2, -0.15) is 0 Å². The Morgan fingerprint density at radius 1 is 1.53 bits per heavy atom. The third-order valence-corrected chi connectivity index (χ3v) is 2.91. The molecular formula is C10H19N3O2. The third-order valence-electron chi connectivity index (χ3n) is 2.91. The van der Waals surface area contributed by atoms with E-state index in [9.17, 15) is 9.59 Å².